The Balaban J connectivity index is 1.70. The number of sulfonamides is 1. The third-order valence-corrected chi connectivity index (χ3v) is 9.10. The van der Waals surface area contributed by atoms with Crippen LogP contribution in [-0.2, 0) is 26.2 Å². The van der Waals surface area contributed by atoms with Crippen molar-refractivity contribution >= 4 is 33.2 Å². The Morgan fingerprint density at radius 3 is 2.31 bits per heavy atom. The monoisotopic (exact) mass is 594 g/mol. The standard InChI is InChI=1S/C30H34N4O7S/c1-22(30(36)31-24-10-6-7-11-24)32(20-23-9-8-12-27(19-23)41-2)29(35)21-33(25-15-17-26(18-16-25)34(37)38)42(39,40)28-13-4-3-5-14-28/h3-5,8-9,12-19,22,24H,6-7,10-11,20-21H2,1-2H3,(H,31,36). The summed E-state index contributed by atoms with van der Waals surface area (Å²) in [5, 5.41) is 14.2. The maximum Gasteiger partial charge on any atom is 0.269 e. The molecule has 1 saturated carbocycles. The summed E-state index contributed by atoms with van der Waals surface area (Å²) in [6, 6.07) is 18.7. The molecule has 0 bridgehead atoms. The largest absolute Gasteiger partial charge is 0.497 e. The van der Waals surface area contributed by atoms with Crippen LogP contribution in [0, 0.1) is 10.1 Å². The van der Waals surface area contributed by atoms with Gasteiger partial charge in [-0.05, 0) is 61.7 Å². The minimum atomic E-state index is -4.27. The van der Waals surface area contributed by atoms with Crippen molar-refractivity contribution in [1.29, 1.82) is 0 Å². The molecule has 42 heavy (non-hydrogen) atoms. The smallest absolute Gasteiger partial charge is 0.269 e. The van der Waals surface area contributed by atoms with E-state index in [9.17, 15) is 28.1 Å². The summed E-state index contributed by atoms with van der Waals surface area (Å²) < 4.78 is 33.9. The lowest BCUT2D eigenvalue weighted by Crippen LogP contribution is -2.52. The normalized spacial score (nSPS) is 14.1. The lowest BCUT2D eigenvalue weighted by atomic mass is 10.1. The fraction of sp³-hybridized carbons (Fsp3) is 0.333. The van der Waals surface area contributed by atoms with Gasteiger partial charge in [-0.2, -0.15) is 0 Å². The molecule has 0 aliphatic heterocycles. The zero-order chi connectivity index (χ0) is 30.3. The van der Waals surface area contributed by atoms with Crippen molar-refractivity contribution in [2.75, 3.05) is 18.0 Å². The second-order valence-corrected chi connectivity index (χ2v) is 12.0. The lowest BCUT2D eigenvalue weighted by molar-refractivity contribution is -0.384. The number of methoxy groups -OCH3 is 1. The van der Waals surface area contributed by atoms with Crippen molar-refractivity contribution in [3.63, 3.8) is 0 Å². The molecule has 0 spiro atoms. The second-order valence-electron chi connectivity index (χ2n) is 10.1. The van der Waals surface area contributed by atoms with E-state index in [0.717, 1.165) is 30.0 Å². The number of anilines is 1. The number of benzene rings is 3. The van der Waals surface area contributed by atoms with Crippen LogP contribution in [0.25, 0.3) is 0 Å². The van der Waals surface area contributed by atoms with Crippen LogP contribution in [0.2, 0.25) is 0 Å². The first-order chi connectivity index (χ1) is 20.1. The summed E-state index contributed by atoms with van der Waals surface area (Å²) in [6.45, 7) is 0.999. The number of non-ortho nitro benzene ring substituents is 1. The molecule has 3 aromatic carbocycles. The van der Waals surface area contributed by atoms with Crippen LogP contribution >= 0.6 is 0 Å². The van der Waals surface area contributed by atoms with E-state index in [4.69, 9.17) is 4.74 Å². The number of nitro benzene ring substituents is 1. The Labute approximate surface area is 245 Å². The van der Waals surface area contributed by atoms with Gasteiger partial charge in [0.2, 0.25) is 11.8 Å². The highest BCUT2D eigenvalue weighted by Gasteiger charge is 2.33. The van der Waals surface area contributed by atoms with Gasteiger partial charge in [-0.15, -0.1) is 0 Å². The highest BCUT2D eigenvalue weighted by Crippen LogP contribution is 2.27. The molecule has 1 fully saturated rings. The topological polar surface area (TPSA) is 139 Å². The maximum absolute atomic E-state index is 14.0. The molecule has 0 radical (unpaired) electrons. The van der Waals surface area contributed by atoms with Crippen LogP contribution in [0.5, 0.6) is 5.75 Å². The molecule has 1 aliphatic rings. The van der Waals surface area contributed by atoms with Gasteiger partial charge in [-0.1, -0.05) is 43.2 Å². The second kappa shape index (κ2) is 13.5. The highest BCUT2D eigenvalue weighted by atomic mass is 32.2. The number of nitrogens with zero attached hydrogens (tertiary/aromatic N) is 3. The van der Waals surface area contributed by atoms with Crippen molar-refractivity contribution in [3.05, 3.63) is 94.5 Å². The predicted molar refractivity (Wildman–Crippen MR) is 157 cm³/mol. The van der Waals surface area contributed by atoms with Gasteiger partial charge in [0.1, 0.15) is 18.3 Å². The molecule has 222 valence electrons. The Kier molecular flexibility index (Phi) is 9.79. The predicted octanol–water partition coefficient (Wildman–Crippen LogP) is 4.27. The van der Waals surface area contributed by atoms with E-state index in [1.54, 1.807) is 49.4 Å². The maximum atomic E-state index is 14.0. The Hall–Kier alpha value is -4.45. The average molecular weight is 595 g/mol. The van der Waals surface area contributed by atoms with Gasteiger partial charge in [-0.3, -0.25) is 24.0 Å². The summed E-state index contributed by atoms with van der Waals surface area (Å²) >= 11 is 0. The van der Waals surface area contributed by atoms with E-state index in [1.165, 1.54) is 48.4 Å². The van der Waals surface area contributed by atoms with Crippen molar-refractivity contribution in [3.8, 4) is 5.75 Å². The van der Waals surface area contributed by atoms with E-state index in [-0.39, 0.29) is 34.8 Å². The summed E-state index contributed by atoms with van der Waals surface area (Å²) in [7, 11) is -2.74. The zero-order valence-electron chi connectivity index (χ0n) is 23.5. The van der Waals surface area contributed by atoms with E-state index < -0.39 is 33.4 Å². The van der Waals surface area contributed by atoms with Gasteiger partial charge >= 0.3 is 0 Å². The fourth-order valence-corrected chi connectivity index (χ4v) is 6.37. The SMILES string of the molecule is COc1cccc(CN(C(=O)CN(c2ccc([N+](=O)[O-])cc2)S(=O)(=O)c2ccccc2)C(C)C(=O)NC2CCCC2)c1. The number of rotatable bonds is 12. The van der Waals surface area contributed by atoms with Crippen molar-refractivity contribution in [2.24, 2.45) is 0 Å². The first-order valence-corrected chi connectivity index (χ1v) is 15.1. The molecule has 0 heterocycles. The average Bonchev–Trinajstić information content (AvgIpc) is 3.51. The third kappa shape index (κ3) is 7.24. The van der Waals surface area contributed by atoms with E-state index in [1.807, 2.05) is 0 Å². The molecule has 12 heteroatoms. The van der Waals surface area contributed by atoms with Crippen LogP contribution < -0.4 is 14.4 Å². The minimum Gasteiger partial charge on any atom is -0.497 e. The third-order valence-electron chi connectivity index (χ3n) is 7.31. The van der Waals surface area contributed by atoms with Gasteiger partial charge in [0.05, 0.1) is 22.6 Å². The number of hydrogen-bond acceptors (Lipinski definition) is 7. The molecule has 1 atom stereocenters. The molecule has 0 saturated heterocycles. The van der Waals surface area contributed by atoms with E-state index >= 15 is 0 Å². The molecular weight excluding hydrogens is 560 g/mol. The lowest BCUT2D eigenvalue weighted by Gasteiger charge is -2.32. The van der Waals surface area contributed by atoms with Gasteiger partial charge in [0.25, 0.3) is 15.7 Å². The number of nitro groups is 1. The summed E-state index contributed by atoms with van der Waals surface area (Å²) in [5.74, 6) is -0.377. The minimum absolute atomic E-state index is 0.0226. The first kappa shape index (κ1) is 30.5. The molecule has 0 aromatic heterocycles. The molecule has 1 aliphatic carbocycles. The van der Waals surface area contributed by atoms with Crippen LogP contribution in [0.3, 0.4) is 0 Å². The first-order valence-electron chi connectivity index (χ1n) is 13.6. The Morgan fingerprint density at radius 2 is 1.69 bits per heavy atom. The van der Waals surface area contributed by atoms with Gasteiger partial charge in [0.15, 0.2) is 0 Å². The number of carbonyl (C=O) groups excluding carboxylic acids is 2. The number of hydrogen-bond donors (Lipinski definition) is 1. The molecule has 11 nitrogen and oxygen atoms in total. The van der Waals surface area contributed by atoms with Crippen LogP contribution in [0.1, 0.15) is 38.2 Å². The molecule has 1 unspecified atom stereocenters. The number of amides is 2. The Bertz CT molecular complexity index is 1510. The van der Waals surface area contributed by atoms with Crippen molar-refractivity contribution in [1.82, 2.24) is 10.2 Å². The van der Waals surface area contributed by atoms with E-state index in [2.05, 4.69) is 5.32 Å². The molecular formula is C30H34N4O7S. The van der Waals surface area contributed by atoms with Gasteiger partial charge < -0.3 is 15.0 Å². The summed E-state index contributed by atoms with van der Waals surface area (Å²) in [5.41, 5.74) is 0.539. The van der Waals surface area contributed by atoms with E-state index in [0.29, 0.717) is 11.3 Å². The quantitative estimate of drug-likeness (QED) is 0.244. The summed E-state index contributed by atoms with van der Waals surface area (Å²) in [4.78, 5) is 39.2. The van der Waals surface area contributed by atoms with Crippen molar-refractivity contribution < 1.29 is 27.7 Å². The Morgan fingerprint density at radius 1 is 1.02 bits per heavy atom. The molecule has 1 N–H and O–H groups in total. The van der Waals surface area contributed by atoms with Gasteiger partial charge in [0, 0.05) is 24.7 Å². The van der Waals surface area contributed by atoms with Gasteiger partial charge in [-0.25, -0.2) is 8.42 Å². The molecule has 3 aromatic rings. The number of nitrogens with one attached hydrogen (secondary N) is 1. The van der Waals surface area contributed by atoms with Crippen LogP contribution in [0.15, 0.2) is 83.8 Å². The molecule has 2 amide bonds. The van der Waals surface area contributed by atoms with Crippen LogP contribution in [-0.4, -0.2) is 55.8 Å². The zero-order valence-corrected chi connectivity index (χ0v) is 24.3. The van der Waals surface area contributed by atoms with Crippen molar-refractivity contribution in [2.45, 2.75) is 56.1 Å². The fourth-order valence-electron chi connectivity index (χ4n) is 4.93. The highest BCUT2D eigenvalue weighted by molar-refractivity contribution is 7.92. The van der Waals surface area contributed by atoms with Crippen LogP contribution in [0.4, 0.5) is 11.4 Å². The summed E-state index contributed by atoms with van der Waals surface area (Å²) in [6.07, 6.45) is 3.78. The molecule has 4 rings (SSSR count). The number of ether oxygens (including phenoxy) is 1. The number of carbonyl (C=O) groups is 2.